The highest BCUT2D eigenvalue weighted by Gasteiger charge is 2.23. The van der Waals surface area contributed by atoms with Crippen LogP contribution in [0.4, 0.5) is 4.79 Å². The molecule has 0 saturated carbocycles. The van der Waals surface area contributed by atoms with Crippen molar-refractivity contribution in [3.8, 4) is 0 Å². The summed E-state index contributed by atoms with van der Waals surface area (Å²) in [5, 5.41) is 2.99. The number of nitrogens with one attached hydrogen (secondary N) is 1. The molecule has 58 valence electrons. The molecule has 10 heavy (non-hydrogen) atoms. The lowest BCUT2D eigenvalue weighted by atomic mass is 10.4. The molecule has 4 nitrogen and oxygen atoms in total. The molecule has 1 unspecified atom stereocenters. The third-order valence-electron chi connectivity index (χ3n) is 1.21. The van der Waals surface area contributed by atoms with Crippen LogP contribution in [0.1, 0.15) is 13.3 Å². The molecule has 4 heteroatoms. The van der Waals surface area contributed by atoms with Gasteiger partial charge in [-0.1, -0.05) is 6.92 Å². The molecular formula is C6H11NO3. The fraction of sp³-hybridized carbons (Fsp3) is 0.833. The minimum Gasteiger partial charge on any atom is -0.429 e. The molecule has 0 amide bonds. The van der Waals surface area contributed by atoms with Crippen LogP contribution >= 0.6 is 0 Å². The number of hydrogen-bond donors (Lipinski definition) is 1. The Kier molecular flexibility index (Phi) is 2.50. The van der Waals surface area contributed by atoms with Crippen LogP contribution in [0.2, 0.25) is 0 Å². The van der Waals surface area contributed by atoms with Gasteiger partial charge in [-0.2, -0.15) is 0 Å². The molecule has 0 aromatic heterocycles. The van der Waals surface area contributed by atoms with Crippen molar-refractivity contribution < 1.29 is 14.3 Å². The van der Waals surface area contributed by atoms with E-state index in [2.05, 4.69) is 10.1 Å². The van der Waals surface area contributed by atoms with Crippen LogP contribution in [0.25, 0.3) is 0 Å². The van der Waals surface area contributed by atoms with Crippen molar-refractivity contribution in [3.63, 3.8) is 0 Å². The molecule has 0 aromatic rings. The summed E-state index contributed by atoms with van der Waals surface area (Å²) in [6, 6.07) is 0. The lowest BCUT2D eigenvalue weighted by Gasteiger charge is -2.05. The maximum absolute atomic E-state index is 10.3. The first-order valence-electron chi connectivity index (χ1n) is 3.39. The smallest absolute Gasteiger partial charge is 0.429 e. The molecule has 0 bridgehead atoms. The van der Waals surface area contributed by atoms with Crippen molar-refractivity contribution >= 4 is 6.16 Å². The van der Waals surface area contributed by atoms with Crippen molar-refractivity contribution in [2.45, 2.75) is 19.6 Å². The third kappa shape index (κ3) is 1.88. The summed E-state index contributed by atoms with van der Waals surface area (Å²) in [5.74, 6) is 0. The van der Waals surface area contributed by atoms with Crippen LogP contribution in [0.3, 0.4) is 0 Å². The Morgan fingerprint density at radius 2 is 2.60 bits per heavy atom. The molecule has 0 radical (unpaired) electrons. The molecule has 0 aromatic carbocycles. The van der Waals surface area contributed by atoms with Crippen LogP contribution in [-0.4, -0.2) is 25.5 Å². The predicted molar refractivity (Wildman–Crippen MR) is 34.5 cm³/mol. The molecule has 0 spiro atoms. The summed E-state index contributed by atoms with van der Waals surface area (Å²) < 4.78 is 9.23. The van der Waals surface area contributed by atoms with Gasteiger partial charge in [0.2, 0.25) is 0 Å². The lowest BCUT2D eigenvalue weighted by Crippen LogP contribution is -2.31. The van der Waals surface area contributed by atoms with Crippen LogP contribution in [0.15, 0.2) is 0 Å². The van der Waals surface area contributed by atoms with Gasteiger partial charge in [0.15, 0.2) is 6.23 Å². The van der Waals surface area contributed by atoms with E-state index < -0.39 is 6.16 Å². The van der Waals surface area contributed by atoms with E-state index in [-0.39, 0.29) is 6.23 Å². The number of cyclic esters (lactones) is 2. The van der Waals surface area contributed by atoms with Crippen molar-refractivity contribution in [1.82, 2.24) is 5.32 Å². The Bertz CT molecular complexity index is 126. The first kappa shape index (κ1) is 7.34. The fourth-order valence-corrected chi connectivity index (χ4v) is 0.734. The second kappa shape index (κ2) is 3.41. The molecule has 1 N–H and O–H groups in total. The highest BCUT2D eigenvalue weighted by Crippen LogP contribution is 2.01. The summed E-state index contributed by atoms with van der Waals surface area (Å²) in [6.07, 6.45) is 0.217. The molecule has 1 atom stereocenters. The Hall–Kier alpha value is -0.770. The van der Waals surface area contributed by atoms with Gasteiger partial charge in [-0.15, -0.1) is 0 Å². The van der Waals surface area contributed by atoms with E-state index in [1.54, 1.807) is 0 Å². The number of carbonyl (C=O) groups excluding carboxylic acids is 1. The number of ether oxygens (including phenoxy) is 2. The molecule has 1 saturated heterocycles. The van der Waals surface area contributed by atoms with E-state index in [1.807, 2.05) is 6.92 Å². The monoisotopic (exact) mass is 145 g/mol. The van der Waals surface area contributed by atoms with E-state index in [1.165, 1.54) is 0 Å². The van der Waals surface area contributed by atoms with Gasteiger partial charge in [-0.25, -0.2) is 4.79 Å². The minimum atomic E-state index is -0.575. The first-order valence-corrected chi connectivity index (χ1v) is 3.39. The molecule has 1 rings (SSSR count). The summed E-state index contributed by atoms with van der Waals surface area (Å²) in [7, 11) is 0. The Labute approximate surface area is 59.5 Å². The Balaban J connectivity index is 2.12. The summed E-state index contributed by atoms with van der Waals surface area (Å²) in [5.41, 5.74) is 0. The summed E-state index contributed by atoms with van der Waals surface area (Å²) in [4.78, 5) is 10.3. The standard InChI is InChI=1S/C6H11NO3/c1-2-3-7-5-4-9-6(8)10-5/h5,7H,2-4H2,1H3. The van der Waals surface area contributed by atoms with Gasteiger partial charge in [-0.3, -0.25) is 5.32 Å². The normalized spacial score (nSPS) is 24.1. The lowest BCUT2D eigenvalue weighted by molar-refractivity contribution is 0.109. The van der Waals surface area contributed by atoms with E-state index in [0.29, 0.717) is 6.61 Å². The van der Waals surface area contributed by atoms with Crippen molar-refractivity contribution in [2.75, 3.05) is 13.2 Å². The van der Waals surface area contributed by atoms with E-state index in [0.717, 1.165) is 13.0 Å². The predicted octanol–water partition coefficient (Wildman–Crippen LogP) is 0.479. The van der Waals surface area contributed by atoms with Gasteiger partial charge in [0, 0.05) is 0 Å². The third-order valence-corrected chi connectivity index (χ3v) is 1.21. The fourth-order valence-electron chi connectivity index (χ4n) is 0.734. The van der Waals surface area contributed by atoms with Crippen LogP contribution in [0, 0.1) is 0 Å². The Morgan fingerprint density at radius 3 is 3.10 bits per heavy atom. The second-order valence-electron chi connectivity index (χ2n) is 2.12. The number of carbonyl (C=O) groups is 1. The zero-order chi connectivity index (χ0) is 7.40. The molecular weight excluding hydrogens is 134 g/mol. The van der Waals surface area contributed by atoms with Gasteiger partial charge < -0.3 is 9.47 Å². The van der Waals surface area contributed by atoms with E-state index in [9.17, 15) is 4.79 Å². The average molecular weight is 145 g/mol. The van der Waals surface area contributed by atoms with Crippen LogP contribution in [0.5, 0.6) is 0 Å². The zero-order valence-corrected chi connectivity index (χ0v) is 5.92. The highest BCUT2D eigenvalue weighted by molar-refractivity contribution is 5.61. The average Bonchev–Trinajstić information content (AvgIpc) is 2.31. The molecule has 1 heterocycles. The Morgan fingerprint density at radius 1 is 1.80 bits per heavy atom. The first-order chi connectivity index (χ1) is 4.83. The van der Waals surface area contributed by atoms with Crippen molar-refractivity contribution in [1.29, 1.82) is 0 Å². The van der Waals surface area contributed by atoms with Gasteiger partial charge in [0.05, 0.1) is 0 Å². The maximum atomic E-state index is 10.3. The minimum absolute atomic E-state index is 0.229. The van der Waals surface area contributed by atoms with Gasteiger partial charge in [-0.05, 0) is 13.0 Å². The SMILES string of the molecule is CCCNC1COC(=O)O1. The van der Waals surface area contributed by atoms with Gasteiger partial charge in [0.25, 0.3) is 0 Å². The second-order valence-corrected chi connectivity index (χ2v) is 2.12. The molecule has 1 aliphatic heterocycles. The largest absolute Gasteiger partial charge is 0.510 e. The van der Waals surface area contributed by atoms with Gasteiger partial charge in [0.1, 0.15) is 6.61 Å². The molecule has 1 fully saturated rings. The summed E-state index contributed by atoms with van der Waals surface area (Å²) in [6.45, 7) is 3.23. The van der Waals surface area contributed by atoms with Crippen LogP contribution in [-0.2, 0) is 9.47 Å². The van der Waals surface area contributed by atoms with Crippen LogP contribution < -0.4 is 5.32 Å². The van der Waals surface area contributed by atoms with E-state index in [4.69, 9.17) is 4.74 Å². The molecule has 0 aliphatic carbocycles. The summed E-state index contributed by atoms with van der Waals surface area (Å²) >= 11 is 0. The maximum Gasteiger partial charge on any atom is 0.510 e. The van der Waals surface area contributed by atoms with Gasteiger partial charge >= 0.3 is 6.16 Å². The van der Waals surface area contributed by atoms with Crippen molar-refractivity contribution in [3.05, 3.63) is 0 Å². The molecule has 1 aliphatic rings. The zero-order valence-electron chi connectivity index (χ0n) is 5.92. The topological polar surface area (TPSA) is 47.6 Å². The van der Waals surface area contributed by atoms with E-state index >= 15 is 0 Å². The van der Waals surface area contributed by atoms with Crippen molar-refractivity contribution in [2.24, 2.45) is 0 Å². The quantitative estimate of drug-likeness (QED) is 0.587. The number of rotatable bonds is 3. The highest BCUT2D eigenvalue weighted by atomic mass is 16.8. The number of hydrogen-bond acceptors (Lipinski definition) is 4.